The molecule has 1 aromatic heterocycles. The van der Waals surface area contributed by atoms with Crippen molar-refractivity contribution in [1.29, 1.82) is 0 Å². The number of carbonyl (C=O) groups is 1. The van der Waals surface area contributed by atoms with E-state index in [1.165, 1.54) is 17.7 Å². The molecule has 5 rings (SSSR count). The molecule has 2 aromatic rings. The molecule has 4 heterocycles. The van der Waals surface area contributed by atoms with Crippen molar-refractivity contribution in [2.24, 2.45) is 0 Å². The summed E-state index contributed by atoms with van der Waals surface area (Å²) in [5, 5.41) is 6.37. The quantitative estimate of drug-likeness (QED) is 0.859. The number of nitrogens with zero attached hydrogens (tertiary/aromatic N) is 2. The van der Waals surface area contributed by atoms with Gasteiger partial charge in [-0.2, -0.15) is 0 Å². The first-order valence-corrected chi connectivity index (χ1v) is 10.2. The van der Waals surface area contributed by atoms with Crippen molar-refractivity contribution < 1.29 is 9.53 Å². The van der Waals surface area contributed by atoms with Crippen molar-refractivity contribution in [2.45, 2.75) is 45.3 Å². The highest BCUT2D eigenvalue weighted by Gasteiger charge is 2.27. The first kappa shape index (κ1) is 17.3. The monoisotopic (exact) mass is 378 g/mol. The van der Waals surface area contributed by atoms with Gasteiger partial charge >= 0.3 is 0 Å². The van der Waals surface area contributed by atoms with Crippen LogP contribution in [0.1, 0.15) is 46.4 Å². The lowest BCUT2D eigenvalue weighted by Gasteiger charge is -2.34. The number of amides is 1. The maximum absolute atomic E-state index is 11.8. The Morgan fingerprint density at radius 3 is 2.93 bits per heavy atom. The Labute approximate surface area is 165 Å². The number of nitrogens with one attached hydrogen (secondary N) is 2. The van der Waals surface area contributed by atoms with Gasteiger partial charge in [0.05, 0.1) is 23.5 Å². The minimum atomic E-state index is -0.0101. The van der Waals surface area contributed by atoms with Crippen LogP contribution in [-0.2, 0) is 13.0 Å². The molecule has 0 saturated carbocycles. The molecule has 0 radical (unpaired) electrons. The van der Waals surface area contributed by atoms with E-state index in [9.17, 15) is 4.79 Å². The van der Waals surface area contributed by atoms with Gasteiger partial charge in [0.2, 0.25) is 0 Å². The van der Waals surface area contributed by atoms with Crippen LogP contribution >= 0.6 is 0 Å². The predicted molar refractivity (Wildman–Crippen MR) is 109 cm³/mol. The second kappa shape index (κ2) is 7.00. The Balaban J connectivity index is 1.27. The van der Waals surface area contributed by atoms with Gasteiger partial charge in [0.15, 0.2) is 0 Å². The highest BCUT2D eigenvalue weighted by atomic mass is 16.5. The summed E-state index contributed by atoms with van der Waals surface area (Å²) in [4.78, 5) is 19.0. The minimum absolute atomic E-state index is 0.0101. The number of carbonyl (C=O) groups excluding carboxylic acids is 1. The number of para-hydroxylation sites is 1. The molecule has 6 heteroatoms. The summed E-state index contributed by atoms with van der Waals surface area (Å²) >= 11 is 0. The van der Waals surface area contributed by atoms with Crippen molar-refractivity contribution in [2.75, 3.05) is 29.9 Å². The van der Waals surface area contributed by atoms with Crippen molar-refractivity contribution in [3.8, 4) is 5.75 Å². The summed E-state index contributed by atoms with van der Waals surface area (Å²) in [6.45, 7) is 5.43. The molecular formula is C22H26N4O2. The SMILES string of the molecule is Cc1cc2c(nc1N1CCC(Oc3cccc4c3NCCC4)CC1)CNC2=O. The lowest BCUT2D eigenvalue weighted by molar-refractivity contribution is 0.0965. The summed E-state index contributed by atoms with van der Waals surface area (Å²) in [5.74, 6) is 1.99. The van der Waals surface area contributed by atoms with Crippen LogP contribution < -0.4 is 20.3 Å². The van der Waals surface area contributed by atoms with E-state index >= 15 is 0 Å². The maximum atomic E-state index is 11.8. The topological polar surface area (TPSA) is 66.5 Å². The van der Waals surface area contributed by atoms with E-state index in [1.807, 2.05) is 13.0 Å². The van der Waals surface area contributed by atoms with Crippen molar-refractivity contribution >= 4 is 17.4 Å². The number of aromatic nitrogens is 1. The Morgan fingerprint density at radius 2 is 2.07 bits per heavy atom. The average Bonchev–Trinajstić information content (AvgIpc) is 3.08. The fraction of sp³-hybridized carbons (Fsp3) is 0.455. The van der Waals surface area contributed by atoms with E-state index in [-0.39, 0.29) is 12.0 Å². The number of hydrogen-bond acceptors (Lipinski definition) is 5. The molecule has 1 saturated heterocycles. The summed E-state index contributed by atoms with van der Waals surface area (Å²) in [6.07, 6.45) is 4.48. The van der Waals surface area contributed by atoms with Gasteiger partial charge in [-0.1, -0.05) is 12.1 Å². The number of benzene rings is 1. The molecule has 0 spiro atoms. The number of pyridine rings is 1. The molecule has 146 valence electrons. The van der Waals surface area contributed by atoms with Crippen LogP contribution in [0.3, 0.4) is 0 Å². The number of ether oxygens (including phenoxy) is 1. The van der Waals surface area contributed by atoms with Crippen LogP contribution in [0.2, 0.25) is 0 Å². The third kappa shape index (κ3) is 3.07. The lowest BCUT2D eigenvalue weighted by Crippen LogP contribution is -2.39. The van der Waals surface area contributed by atoms with Crippen LogP contribution in [0.25, 0.3) is 0 Å². The van der Waals surface area contributed by atoms with Gasteiger partial charge in [0.25, 0.3) is 5.91 Å². The Morgan fingerprint density at radius 1 is 1.21 bits per heavy atom. The molecule has 0 bridgehead atoms. The standard InChI is InChI=1S/C22H26N4O2/c1-14-12-17-18(13-24-22(17)27)25-21(14)26-10-7-16(8-11-26)28-19-6-2-4-15-5-3-9-23-20(15)19/h2,4,6,12,16,23H,3,5,7-11,13H2,1H3,(H,24,27). The molecule has 0 atom stereocenters. The molecule has 0 aliphatic carbocycles. The van der Waals surface area contributed by atoms with E-state index in [2.05, 4.69) is 33.7 Å². The number of anilines is 2. The van der Waals surface area contributed by atoms with Gasteiger partial charge in [0.1, 0.15) is 17.7 Å². The van der Waals surface area contributed by atoms with Gasteiger partial charge in [-0.05, 0) is 43.0 Å². The normalized spacial score (nSPS) is 18.9. The zero-order valence-corrected chi connectivity index (χ0v) is 16.3. The number of rotatable bonds is 3. The summed E-state index contributed by atoms with van der Waals surface area (Å²) < 4.78 is 6.39. The van der Waals surface area contributed by atoms with Crippen LogP contribution in [0, 0.1) is 6.92 Å². The molecule has 1 aromatic carbocycles. The molecule has 1 fully saturated rings. The van der Waals surface area contributed by atoms with Crippen LogP contribution in [0.15, 0.2) is 24.3 Å². The second-order valence-electron chi connectivity index (χ2n) is 7.93. The maximum Gasteiger partial charge on any atom is 0.253 e. The fourth-order valence-corrected chi connectivity index (χ4v) is 4.49. The van der Waals surface area contributed by atoms with E-state index in [1.54, 1.807) is 0 Å². The zero-order valence-electron chi connectivity index (χ0n) is 16.3. The predicted octanol–water partition coefficient (Wildman–Crippen LogP) is 3.04. The summed E-state index contributed by atoms with van der Waals surface area (Å²) in [7, 11) is 0. The largest absolute Gasteiger partial charge is 0.488 e. The molecule has 2 N–H and O–H groups in total. The van der Waals surface area contributed by atoms with E-state index in [4.69, 9.17) is 9.72 Å². The van der Waals surface area contributed by atoms with Crippen LogP contribution in [-0.4, -0.2) is 36.6 Å². The summed E-state index contributed by atoms with van der Waals surface area (Å²) in [5.41, 5.74) is 5.20. The van der Waals surface area contributed by atoms with E-state index in [0.29, 0.717) is 6.54 Å². The number of hydrogen-bond donors (Lipinski definition) is 2. The van der Waals surface area contributed by atoms with Gasteiger partial charge in [-0.25, -0.2) is 4.98 Å². The van der Waals surface area contributed by atoms with E-state index in [0.717, 1.165) is 67.3 Å². The third-order valence-corrected chi connectivity index (χ3v) is 6.00. The third-order valence-electron chi connectivity index (χ3n) is 6.00. The number of piperidine rings is 1. The van der Waals surface area contributed by atoms with Crippen molar-refractivity contribution in [1.82, 2.24) is 10.3 Å². The molecule has 3 aliphatic rings. The van der Waals surface area contributed by atoms with Gasteiger partial charge in [0, 0.05) is 32.5 Å². The Kier molecular flexibility index (Phi) is 4.34. The highest BCUT2D eigenvalue weighted by molar-refractivity contribution is 5.98. The first-order chi connectivity index (χ1) is 13.7. The highest BCUT2D eigenvalue weighted by Crippen LogP contribution is 2.34. The Hall–Kier alpha value is -2.76. The number of fused-ring (bicyclic) bond motifs is 2. The molecule has 1 amide bonds. The Bertz CT molecular complexity index is 919. The molecule has 6 nitrogen and oxygen atoms in total. The van der Waals surface area contributed by atoms with Crippen LogP contribution in [0.5, 0.6) is 5.75 Å². The average molecular weight is 378 g/mol. The molecule has 0 unspecified atom stereocenters. The van der Waals surface area contributed by atoms with Crippen molar-refractivity contribution in [3.05, 3.63) is 46.6 Å². The van der Waals surface area contributed by atoms with Crippen molar-refractivity contribution in [3.63, 3.8) is 0 Å². The van der Waals surface area contributed by atoms with Gasteiger partial charge < -0.3 is 20.3 Å². The number of aryl methyl sites for hydroxylation is 2. The lowest BCUT2D eigenvalue weighted by atomic mass is 10.0. The molecule has 3 aliphatic heterocycles. The summed E-state index contributed by atoms with van der Waals surface area (Å²) in [6, 6.07) is 8.35. The fourth-order valence-electron chi connectivity index (χ4n) is 4.49. The first-order valence-electron chi connectivity index (χ1n) is 10.2. The van der Waals surface area contributed by atoms with E-state index < -0.39 is 0 Å². The zero-order chi connectivity index (χ0) is 19.1. The van der Waals surface area contributed by atoms with Gasteiger partial charge in [-0.15, -0.1) is 0 Å². The minimum Gasteiger partial charge on any atom is -0.488 e. The van der Waals surface area contributed by atoms with Gasteiger partial charge in [-0.3, -0.25) is 4.79 Å². The molecular weight excluding hydrogens is 352 g/mol. The second-order valence-corrected chi connectivity index (χ2v) is 7.93. The smallest absolute Gasteiger partial charge is 0.253 e. The molecule has 28 heavy (non-hydrogen) atoms. The van der Waals surface area contributed by atoms with Crippen LogP contribution in [0.4, 0.5) is 11.5 Å².